The van der Waals surface area contributed by atoms with Crippen LogP contribution in [0.1, 0.15) is 41.5 Å². The zero-order valence-corrected chi connectivity index (χ0v) is 17.3. The molecule has 5 heteroatoms. The highest BCUT2D eigenvalue weighted by atomic mass is 28.4. The zero-order chi connectivity index (χ0) is 16.4. The molecule has 1 saturated heterocycles. The molecular weight excluding hydrogens is 284 g/mol. The lowest BCUT2D eigenvalue weighted by atomic mass is 10.2. The fourth-order valence-electron chi connectivity index (χ4n) is 1.12. The Hall–Kier alpha value is 0.314. The fraction of sp³-hybridized carbons (Fsp3) is 1.00. The smallest absolute Gasteiger partial charge is 0.178 e. The summed E-state index contributed by atoms with van der Waals surface area (Å²) in [6.07, 6.45) is 0.190. The van der Waals surface area contributed by atoms with Gasteiger partial charge in [0.05, 0.1) is 13.2 Å². The van der Waals surface area contributed by atoms with Crippen LogP contribution in [0.2, 0.25) is 36.3 Å². The van der Waals surface area contributed by atoms with Crippen LogP contribution in [0.3, 0.4) is 0 Å². The Kier molecular flexibility index (Phi) is 6.71. The van der Waals surface area contributed by atoms with Crippen molar-refractivity contribution in [2.45, 2.75) is 83.9 Å². The second kappa shape index (κ2) is 6.61. The van der Waals surface area contributed by atoms with Gasteiger partial charge < -0.3 is 14.0 Å². The summed E-state index contributed by atoms with van der Waals surface area (Å²) in [5, 5.41) is 8.72. The highest BCUT2D eigenvalue weighted by Gasteiger charge is 2.46. The number of hydrogen-bond donors (Lipinski definition) is 1. The molecule has 1 unspecified atom stereocenters. The Morgan fingerprint density at radius 2 is 1.25 bits per heavy atom. The number of aliphatic hydroxyl groups excluding tert-OH is 1. The second-order valence-corrected chi connectivity index (χ2v) is 18.6. The van der Waals surface area contributed by atoms with E-state index < -0.39 is 16.6 Å². The Balaban J connectivity index is 0.000000595. The van der Waals surface area contributed by atoms with Gasteiger partial charge in [-0.2, -0.15) is 0 Å². The fourth-order valence-corrected chi connectivity index (χ4v) is 8.67. The largest absolute Gasteiger partial charge is 0.455 e. The molecule has 0 aromatic carbocycles. The van der Waals surface area contributed by atoms with Crippen molar-refractivity contribution < 1.29 is 14.0 Å². The Morgan fingerprint density at radius 1 is 0.950 bits per heavy atom. The molecule has 0 aromatic rings. The van der Waals surface area contributed by atoms with Gasteiger partial charge in [-0.05, 0) is 36.3 Å². The van der Waals surface area contributed by atoms with E-state index in [0.29, 0.717) is 10.1 Å². The molecule has 0 bridgehead atoms. The van der Waals surface area contributed by atoms with Crippen molar-refractivity contribution in [3.63, 3.8) is 0 Å². The van der Waals surface area contributed by atoms with Gasteiger partial charge in [0.2, 0.25) is 0 Å². The Bertz CT molecular complexity index is 273. The van der Waals surface area contributed by atoms with Crippen LogP contribution in [0.15, 0.2) is 0 Å². The molecular formula is C15H36O3Si2. The predicted molar refractivity (Wildman–Crippen MR) is 92.3 cm³/mol. The molecule has 0 spiro atoms. The summed E-state index contributed by atoms with van der Waals surface area (Å²) in [6.45, 7) is 24.2. The monoisotopic (exact) mass is 320 g/mol. The van der Waals surface area contributed by atoms with E-state index >= 15 is 0 Å². The third kappa shape index (κ3) is 6.39. The zero-order valence-electron chi connectivity index (χ0n) is 15.3. The minimum Gasteiger partial charge on any atom is -0.455 e. The molecule has 1 heterocycles. The molecule has 0 saturated carbocycles. The van der Waals surface area contributed by atoms with E-state index in [1.807, 2.05) is 0 Å². The van der Waals surface area contributed by atoms with E-state index in [9.17, 15) is 0 Å². The van der Waals surface area contributed by atoms with Gasteiger partial charge in [-0.3, -0.25) is 0 Å². The molecule has 0 aliphatic carbocycles. The molecule has 1 rings (SSSR count). The molecule has 122 valence electrons. The van der Waals surface area contributed by atoms with E-state index in [1.54, 1.807) is 0 Å². The van der Waals surface area contributed by atoms with Crippen molar-refractivity contribution in [1.29, 1.82) is 0 Å². The molecule has 20 heavy (non-hydrogen) atoms. The summed E-state index contributed by atoms with van der Waals surface area (Å²) >= 11 is 0. The average molecular weight is 321 g/mol. The Morgan fingerprint density at radius 3 is 1.35 bits per heavy atom. The first-order chi connectivity index (χ1) is 8.64. The number of rotatable bonds is 3. The minimum atomic E-state index is -1.59. The number of epoxide rings is 1. The van der Waals surface area contributed by atoms with E-state index in [-0.39, 0.29) is 12.7 Å². The predicted octanol–water partition coefficient (Wildman–Crippen LogP) is 4.39. The van der Waals surface area contributed by atoms with E-state index in [1.165, 1.54) is 0 Å². The highest BCUT2D eigenvalue weighted by Crippen LogP contribution is 2.44. The summed E-state index contributed by atoms with van der Waals surface area (Å²) in [6, 6.07) is 0. The van der Waals surface area contributed by atoms with Crippen molar-refractivity contribution in [3.8, 4) is 0 Å². The maximum Gasteiger partial charge on any atom is 0.178 e. The lowest BCUT2D eigenvalue weighted by Crippen LogP contribution is -2.53. The summed E-state index contributed by atoms with van der Waals surface area (Å²) < 4.78 is 11.2. The van der Waals surface area contributed by atoms with Gasteiger partial charge in [-0.15, -0.1) is 0 Å². The standard InChI is InChI=1S/C12H30OSi2.C3H6O2/c1-11(2,3)14(7,8)13-15(9,10)12(4,5)6;4-1-3-2-5-3/h1-10H3;3-4H,1-2H2. The first-order valence-corrected chi connectivity index (χ1v) is 13.4. The quantitative estimate of drug-likeness (QED) is 0.619. The third-order valence-electron chi connectivity index (χ3n) is 4.73. The van der Waals surface area contributed by atoms with Crippen LogP contribution in [0, 0.1) is 0 Å². The van der Waals surface area contributed by atoms with Crippen molar-refractivity contribution in [3.05, 3.63) is 0 Å². The first kappa shape index (κ1) is 20.3. The normalized spacial score (nSPS) is 20.2. The van der Waals surface area contributed by atoms with Gasteiger partial charge in [0.15, 0.2) is 16.6 Å². The van der Waals surface area contributed by atoms with Crippen molar-refractivity contribution in [2.75, 3.05) is 13.2 Å². The SMILES string of the molecule is CC(C)(C)[Si](C)(C)O[Si](C)(C)C(C)(C)C.OCC1CO1. The van der Waals surface area contributed by atoms with Crippen LogP contribution in [-0.4, -0.2) is 41.1 Å². The molecule has 1 aliphatic heterocycles. The highest BCUT2D eigenvalue weighted by molar-refractivity contribution is 6.87. The summed E-state index contributed by atoms with van der Waals surface area (Å²) in [5.74, 6) is 0. The maximum atomic E-state index is 8.08. The first-order valence-electron chi connectivity index (χ1n) is 7.57. The van der Waals surface area contributed by atoms with Crippen molar-refractivity contribution in [2.24, 2.45) is 0 Å². The van der Waals surface area contributed by atoms with Crippen LogP contribution < -0.4 is 0 Å². The second-order valence-electron chi connectivity index (χ2n) is 8.76. The van der Waals surface area contributed by atoms with Crippen LogP contribution in [-0.2, 0) is 8.85 Å². The average Bonchev–Trinajstić information content (AvgIpc) is 2.95. The van der Waals surface area contributed by atoms with Crippen molar-refractivity contribution >= 4 is 16.6 Å². The molecule has 0 radical (unpaired) electrons. The summed E-state index contributed by atoms with van der Waals surface area (Å²) in [5.41, 5.74) is 0. The van der Waals surface area contributed by atoms with Crippen molar-refractivity contribution in [1.82, 2.24) is 0 Å². The van der Waals surface area contributed by atoms with E-state index in [4.69, 9.17) is 9.22 Å². The molecule has 0 amide bonds. The molecule has 3 nitrogen and oxygen atoms in total. The topological polar surface area (TPSA) is 42.0 Å². The van der Waals surface area contributed by atoms with Gasteiger partial charge in [-0.25, -0.2) is 0 Å². The molecule has 1 fully saturated rings. The number of aliphatic hydroxyl groups is 1. The Labute approximate surface area is 128 Å². The van der Waals surface area contributed by atoms with Gasteiger partial charge in [0.25, 0.3) is 0 Å². The summed E-state index contributed by atoms with van der Waals surface area (Å²) in [7, 11) is -3.18. The van der Waals surface area contributed by atoms with Crippen LogP contribution in [0.5, 0.6) is 0 Å². The van der Waals surface area contributed by atoms with Gasteiger partial charge in [0, 0.05) is 0 Å². The van der Waals surface area contributed by atoms with E-state index in [0.717, 1.165) is 6.61 Å². The third-order valence-corrected chi connectivity index (χ3v) is 16.0. The molecule has 1 aliphatic rings. The van der Waals surface area contributed by atoms with Crippen LogP contribution >= 0.6 is 0 Å². The molecule has 0 aromatic heterocycles. The lowest BCUT2D eigenvalue weighted by Gasteiger charge is -2.47. The summed E-state index contributed by atoms with van der Waals surface area (Å²) in [4.78, 5) is 0. The van der Waals surface area contributed by atoms with Crippen LogP contribution in [0.4, 0.5) is 0 Å². The lowest BCUT2D eigenvalue weighted by molar-refractivity contribution is 0.244. The molecule has 1 atom stereocenters. The molecule has 1 N–H and O–H groups in total. The van der Waals surface area contributed by atoms with Gasteiger partial charge >= 0.3 is 0 Å². The van der Waals surface area contributed by atoms with E-state index in [2.05, 4.69) is 72.5 Å². The number of hydrogen-bond acceptors (Lipinski definition) is 3. The maximum absolute atomic E-state index is 8.08. The van der Waals surface area contributed by atoms with Gasteiger partial charge in [0.1, 0.15) is 6.10 Å². The number of ether oxygens (including phenoxy) is 1. The van der Waals surface area contributed by atoms with Gasteiger partial charge in [-0.1, -0.05) is 41.5 Å². The minimum absolute atomic E-state index is 0.190. The van der Waals surface area contributed by atoms with Crippen LogP contribution in [0.25, 0.3) is 0 Å².